The topological polar surface area (TPSA) is 72.8 Å². The Hall–Kier alpha value is -2.40. The minimum Gasteiger partial charge on any atom is -0.462 e. The number of allylic oxidation sites excluding steroid dienone is 10. The van der Waals surface area contributed by atoms with Gasteiger partial charge in [-0.15, -0.1) is 0 Å². The van der Waals surface area contributed by atoms with Crippen molar-refractivity contribution in [1.29, 1.82) is 0 Å². The van der Waals surface area contributed by atoms with E-state index in [1.807, 2.05) is 0 Å². The number of hydrogen-bond acceptors (Lipinski definition) is 5. The maximum Gasteiger partial charge on any atom is 0.306 e. The highest BCUT2D eigenvalue weighted by atomic mass is 16.6. The first-order chi connectivity index (χ1) is 39.1. The standard InChI is InChI=1S/C74H136O5/c1-3-5-7-9-11-13-15-17-19-21-23-25-27-29-31-32-33-34-35-36-37-38-39-40-41-42-43-45-47-49-51-53-55-57-59-61-63-65-67-69-74(77)79-72(70-75)71-78-73(76)68-66-64-62-60-58-56-54-52-50-48-46-44-30-28-26-24-22-20-18-16-14-12-10-8-6-4-2/h5,7,11,13,17,19,23,25,29,31,72,75H,3-4,6,8-10,12,14-16,18,20-22,24,26-28,30,32-71H2,1-2H3/b7-5-,13-11-,19-17-,25-23-,31-29-. The Labute approximate surface area is 493 Å². The van der Waals surface area contributed by atoms with Gasteiger partial charge in [0.2, 0.25) is 0 Å². The van der Waals surface area contributed by atoms with Gasteiger partial charge in [-0.05, 0) is 57.8 Å². The van der Waals surface area contributed by atoms with Crippen molar-refractivity contribution in [3.8, 4) is 0 Å². The Bertz CT molecular complexity index is 1340. The van der Waals surface area contributed by atoms with Crippen molar-refractivity contribution in [3.63, 3.8) is 0 Å². The molecule has 1 atom stereocenters. The van der Waals surface area contributed by atoms with Crippen molar-refractivity contribution in [1.82, 2.24) is 0 Å². The average Bonchev–Trinajstić information content (AvgIpc) is 3.45. The van der Waals surface area contributed by atoms with Crippen molar-refractivity contribution in [2.75, 3.05) is 13.2 Å². The number of carbonyl (C=O) groups is 2. The Balaban J connectivity index is 3.39. The summed E-state index contributed by atoms with van der Waals surface area (Å²) in [6.07, 6.45) is 95.5. The van der Waals surface area contributed by atoms with Crippen LogP contribution < -0.4 is 0 Å². The van der Waals surface area contributed by atoms with E-state index >= 15 is 0 Å². The van der Waals surface area contributed by atoms with E-state index in [0.29, 0.717) is 12.8 Å². The summed E-state index contributed by atoms with van der Waals surface area (Å²) in [5, 5.41) is 9.70. The SMILES string of the molecule is CC/C=C\C/C=C\C/C=C\C/C=C\C/C=C\CCCCCCCCCCCCCCCCCCCCCCCCCC(=O)OC(CO)COC(=O)CCCCCCCCCCCCCCCCCCCCCCCCCCCC. The van der Waals surface area contributed by atoms with Crippen LogP contribution in [0.4, 0.5) is 0 Å². The molecule has 0 aromatic rings. The average molecular weight is 1110 g/mol. The second-order valence-corrected chi connectivity index (χ2v) is 23.9. The lowest BCUT2D eigenvalue weighted by Crippen LogP contribution is -2.28. The van der Waals surface area contributed by atoms with Crippen molar-refractivity contribution in [2.24, 2.45) is 0 Å². The molecule has 0 bridgehead atoms. The fourth-order valence-electron chi connectivity index (χ4n) is 10.8. The summed E-state index contributed by atoms with van der Waals surface area (Å²) in [6.45, 7) is 4.09. The normalized spacial score (nSPS) is 12.5. The fraction of sp³-hybridized carbons (Fsp3) is 0.838. The van der Waals surface area contributed by atoms with Crippen LogP contribution in [0.25, 0.3) is 0 Å². The minimum absolute atomic E-state index is 0.0592. The molecule has 0 spiro atoms. The second kappa shape index (κ2) is 69.9. The highest BCUT2D eigenvalue weighted by molar-refractivity contribution is 5.70. The van der Waals surface area contributed by atoms with Gasteiger partial charge < -0.3 is 14.6 Å². The molecule has 0 rings (SSSR count). The number of rotatable bonds is 66. The molecular formula is C74H136O5. The first-order valence-corrected chi connectivity index (χ1v) is 35.3. The van der Waals surface area contributed by atoms with Crippen molar-refractivity contribution >= 4 is 11.9 Å². The van der Waals surface area contributed by atoms with Crippen LogP contribution in [0.3, 0.4) is 0 Å². The zero-order valence-electron chi connectivity index (χ0n) is 53.2. The number of aliphatic hydroxyl groups is 1. The van der Waals surface area contributed by atoms with Crippen LogP contribution in [-0.4, -0.2) is 36.4 Å². The summed E-state index contributed by atoms with van der Waals surface area (Å²) in [6, 6.07) is 0. The lowest BCUT2D eigenvalue weighted by molar-refractivity contribution is -0.161. The van der Waals surface area contributed by atoms with Gasteiger partial charge in [-0.2, -0.15) is 0 Å². The van der Waals surface area contributed by atoms with Crippen LogP contribution in [-0.2, 0) is 19.1 Å². The summed E-state index contributed by atoms with van der Waals surface area (Å²) in [7, 11) is 0. The predicted octanol–water partition coefficient (Wildman–Crippen LogP) is 24.5. The van der Waals surface area contributed by atoms with Crippen molar-refractivity contribution in [2.45, 2.75) is 386 Å². The third-order valence-corrected chi connectivity index (χ3v) is 16.1. The zero-order chi connectivity index (χ0) is 56.9. The predicted molar refractivity (Wildman–Crippen MR) is 348 cm³/mol. The number of ether oxygens (including phenoxy) is 2. The maximum absolute atomic E-state index is 12.4. The molecule has 0 heterocycles. The highest BCUT2D eigenvalue weighted by Crippen LogP contribution is 2.19. The van der Waals surface area contributed by atoms with Crippen LogP contribution in [0, 0.1) is 0 Å². The Morgan fingerprint density at radius 2 is 0.544 bits per heavy atom. The lowest BCUT2D eigenvalue weighted by atomic mass is 10.0. The smallest absolute Gasteiger partial charge is 0.306 e. The molecule has 462 valence electrons. The molecule has 5 heteroatoms. The molecular weight excluding hydrogens is 969 g/mol. The van der Waals surface area contributed by atoms with E-state index in [4.69, 9.17) is 9.47 Å². The van der Waals surface area contributed by atoms with E-state index in [-0.39, 0.29) is 25.2 Å². The van der Waals surface area contributed by atoms with E-state index < -0.39 is 6.10 Å². The highest BCUT2D eigenvalue weighted by Gasteiger charge is 2.16. The number of carbonyl (C=O) groups excluding carboxylic acids is 2. The molecule has 0 radical (unpaired) electrons. The molecule has 0 aliphatic rings. The van der Waals surface area contributed by atoms with Gasteiger partial charge in [0.15, 0.2) is 6.10 Å². The molecule has 0 aliphatic heterocycles. The van der Waals surface area contributed by atoms with Crippen molar-refractivity contribution in [3.05, 3.63) is 60.8 Å². The molecule has 79 heavy (non-hydrogen) atoms. The van der Waals surface area contributed by atoms with Crippen molar-refractivity contribution < 1.29 is 24.2 Å². The summed E-state index contributed by atoms with van der Waals surface area (Å²) < 4.78 is 10.8. The minimum atomic E-state index is -0.770. The van der Waals surface area contributed by atoms with Crippen LogP contribution in [0.2, 0.25) is 0 Å². The third kappa shape index (κ3) is 68.0. The summed E-state index contributed by atoms with van der Waals surface area (Å²) in [5.41, 5.74) is 0. The van der Waals surface area contributed by atoms with E-state index in [9.17, 15) is 14.7 Å². The molecule has 0 saturated carbocycles. The van der Waals surface area contributed by atoms with Gasteiger partial charge in [0.25, 0.3) is 0 Å². The van der Waals surface area contributed by atoms with Gasteiger partial charge in [0, 0.05) is 12.8 Å². The number of aliphatic hydroxyl groups excluding tert-OH is 1. The molecule has 0 saturated heterocycles. The largest absolute Gasteiger partial charge is 0.462 e. The van der Waals surface area contributed by atoms with Crippen LogP contribution >= 0.6 is 0 Å². The summed E-state index contributed by atoms with van der Waals surface area (Å²) in [4.78, 5) is 24.6. The van der Waals surface area contributed by atoms with Gasteiger partial charge >= 0.3 is 11.9 Å². The summed E-state index contributed by atoms with van der Waals surface area (Å²) >= 11 is 0. The van der Waals surface area contributed by atoms with E-state index in [1.165, 1.54) is 289 Å². The van der Waals surface area contributed by atoms with E-state index in [1.54, 1.807) is 0 Å². The van der Waals surface area contributed by atoms with E-state index in [2.05, 4.69) is 74.6 Å². The molecule has 1 unspecified atom stereocenters. The number of unbranched alkanes of at least 4 members (excludes halogenated alkanes) is 48. The molecule has 0 amide bonds. The molecule has 0 aromatic carbocycles. The third-order valence-electron chi connectivity index (χ3n) is 16.1. The maximum atomic E-state index is 12.4. The van der Waals surface area contributed by atoms with Gasteiger partial charge in [-0.25, -0.2) is 0 Å². The Kier molecular flexibility index (Phi) is 67.7. The Morgan fingerprint density at radius 1 is 0.304 bits per heavy atom. The quantitative estimate of drug-likeness (QED) is 0.0373. The first kappa shape index (κ1) is 76.6. The molecule has 0 fully saturated rings. The monoisotopic (exact) mass is 1110 g/mol. The molecule has 0 aliphatic carbocycles. The lowest BCUT2D eigenvalue weighted by Gasteiger charge is -2.15. The zero-order valence-corrected chi connectivity index (χ0v) is 53.2. The second-order valence-electron chi connectivity index (χ2n) is 23.9. The molecule has 1 N–H and O–H groups in total. The van der Waals surface area contributed by atoms with Gasteiger partial charge in [-0.1, -0.05) is 370 Å². The Morgan fingerprint density at radius 3 is 0.823 bits per heavy atom. The molecule has 5 nitrogen and oxygen atoms in total. The summed E-state index contributed by atoms with van der Waals surface area (Å²) in [5.74, 6) is -0.566. The molecule has 0 aromatic heterocycles. The fourth-order valence-corrected chi connectivity index (χ4v) is 10.8. The van der Waals surface area contributed by atoms with Crippen LogP contribution in [0.1, 0.15) is 380 Å². The first-order valence-electron chi connectivity index (χ1n) is 35.3. The van der Waals surface area contributed by atoms with Gasteiger partial charge in [-0.3, -0.25) is 9.59 Å². The number of esters is 2. The van der Waals surface area contributed by atoms with Crippen LogP contribution in [0.5, 0.6) is 0 Å². The van der Waals surface area contributed by atoms with Gasteiger partial charge in [0.1, 0.15) is 6.61 Å². The van der Waals surface area contributed by atoms with E-state index in [0.717, 1.165) is 64.2 Å². The van der Waals surface area contributed by atoms with Crippen LogP contribution in [0.15, 0.2) is 60.8 Å². The van der Waals surface area contributed by atoms with Gasteiger partial charge in [0.05, 0.1) is 6.61 Å². The number of hydrogen-bond donors (Lipinski definition) is 1.